The lowest BCUT2D eigenvalue weighted by atomic mass is 10.2. The minimum atomic E-state index is -0.373. The molecule has 0 spiro atoms. The average molecular weight is 413 g/mol. The van der Waals surface area contributed by atoms with Crippen molar-refractivity contribution >= 4 is 23.7 Å². The number of ether oxygens (including phenoxy) is 3. The molecule has 160 valence electrons. The summed E-state index contributed by atoms with van der Waals surface area (Å²) >= 11 is 0. The molecule has 0 fully saturated rings. The van der Waals surface area contributed by atoms with Gasteiger partial charge in [-0.25, -0.2) is 5.43 Å². The number of nitrogens with zero attached hydrogens (tertiary/aromatic N) is 1. The molecule has 2 amide bonds. The fraction of sp³-hybridized carbons (Fsp3) is 0.318. The third-order valence-electron chi connectivity index (χ3n) is 4.26. The maximum Gasteiger partial charge on any atom is 0.271 e. The largest absolute Gasteiger partial charge is 0.493 e. The SMILES string of the molecule is CCCCC(=O)Nc1ccc(C(=O)N/N=C/c2cc(OC)c(OC)c(OC)c2)cc1. The van der Waals surface area contributed by atoms with Crippen LogP contribution in [0.3, 0.4) is 0 Å². The van der Waals surface area contributed by atoms with E-state index in [4.69, 9.17) is 14.2 Å². The molecule has 0 atom stereocenters. The van der Waals surface area contributed by atoms with E-state index < -0.39 is 0 Å². The van der Waals surface area contributed by atoms with Gasteiger partial charge in [0.05, 0.1) is 27.5 Å². The molecule has 0 heterocycles. The molecular formula is C22H27N3O5. The summed E-state index contributed by atoms with van der Waals surface area (Å²) in [6, 6.07) is 10.0. The van der Waals surface area contributed by atoms with Gasteiger partial charge in [0.25, 0.3) is 5.91 Å². The van der Waals surface area contributed by atoms with Gasteiger partial charge in [-0.2, -0.15) is 5.10 Å². The van der Waals surface area contributed by atoms with Crippen LogP contribution in [0.1, 0.15) is 42.1 Å². The third kappa shape index (κ3) is 6.23. The quantitative estimate of drug-likeness (QED) is 0.458. The highest BCUT2D eigenvalue weighted by atomic mass is 16.5. The van der Waals surface area contributed by atoms with Crippen LogP contribution in [0.4, 0.5) is 5.69 Å². The van der Waals surface area contributed by atoms with Gasteiger partial charge in [-0.05, 0) is 42.8 Å². The number of benzene rings is 2. The van der Waals surface area contributed by atoms with E-state index in [0.717, 1.165) is 12.8 Å². The monoisotopic (exact) mass is 413 g/mol. The number of hydrazone groups is 1. The smallest absolute Gasteiger partial charge is 0.271 e. The topological polar surface area (TPSA) is 98.3 Å². The van der Waals surface area contributed by atoms with Gasteiger partial charge in [-0.3, -0.25) is 9.59 Å². The van der Waals surface area contributed by atoms with E-state index >= 15 is 0 Å². The van der Waals surface area contributed by atoms with Crippen LogP contribution in [0.25, 0.3) is 0 Å². The van der Waals surface area contributed by atoms with Gasteiger partial charge in [0.2, 0.25) is 11.7 Å². The first-order valence-corrected chi connectivity index (χ1v) is 9.55. The summed E-state index contributed by atoms with van der Waals surface area (Å²) in [6.07, 6.45) is 3.76. The van der Waals surface area contributed by atoms with Crippen LogP contribution in [-0.4, -0.2) is 39.4 Å². The number of carbonyl (C=O) groups excluding carboxylic acids is 2. The Morgan fingerprint density at radius 2 is 1.63 bits per heavy atom. The number of nitrogens with one attached hydrogen (secondary N) is 2. The van der Waals surface area contributed by atoms with Gasteiger partial charge >= 0.3 is 0 Å². The van der Waals surface area contributed by atoms with E-state index in [2.05, 4.69) is 15.8 Å². The van der Waals surface area contributed by atoms with Crippen molar-refractivity contribution in [1.82, 2.24) is 5.43 Å². The fourth-order valence-electron chi connectivity index (χ4n) is 2.67. The molecule has 0 unspecified atom stereocenters. The van der Waals surface area contributed by atoms with Crippen molar-refractivity contribution in [1.29, 1.82) is 0 Å². The van der Waals surface area contributed by atoms with Gasteiger partial charge in [0.1, 0.15) is 0 Å². The molecule has 0 aliphatic rings. The Balaban J connectivity index is 2.00. The van der Waals surface area contributed by atoms with Gasteiger partial charge in [0, 0.05) is 23.2 Å². The van der Waals surface area contributed by atoms with Crippen LogP contribution in [0.2, 0.25) is 0 Å². The van der Waals surface area contributed by atoms with Crippen molar-refractivity contribution in [2.45, 2.75) is 26.2 Å². The number of unbranched alkanes of at least 4 members (excludes halogenated alkanes) is 1. The Bertz CT molecular complexity index is 869. The Morgan fingerprint density at radius 1 is 1.00 bits per heavy atom. The van der Waals surface area contributed by atoms with Crippen molar-refractivity contribution in [2.75, 3.05) is 26.6 Å². The zero-order chi connectivity index (χ0) is 21.9. The molecule has 30 heavy (non-hydrogen) atoms. The number of amides is 2. The van der Waals surface area contributed by atoms with E-state index in [1.807, 2.05) is 6.92 Å². The molecular weight excluding hydrogens is 386 g/mol. The summed E-state index contributed by atoms with van der Waals surface area (Å²) in [6.45, 7) is 2.03. The molecule has 8 heteroatoms. The van der Waals surface area contributed by atoms with E-state index in [9.17, 15) is 9.59 Å². The molecule has 0 bridgehead atoms. The highest BCUT2D eigenvalue weighted by molar-refractivity contribution is 5.96. The minimum Gasteiger partial charge on any atom is -0.493 e. The first-order chi connectivity index (χ1) is 14.5. The Morgan fingerprint density at radius 3 is 2.17 bits per heavy atom. The molecule has 0 aliphatic heterocycles. The molecule has 0 radical (unpaired) electrons. The molecule has 8 nitrogen and oxygen atoms in total. The van der Waals surface area contributed by atoms with E-state index in [-0.39, 0.29) is 11.8 Å². The summed E-state index contributed by atoms with van der Waals surface area (Å²) in [5, 5.41) is 6.79. The molecule has 2 rings (SSSR count). The van der Waals surface area contributed by atoms with Gasteiger partial charge < -0.3 is 19.5 Å². The van der Waals surface area contributed by atoms with Crippen LogP contribution < -0.4 is 25.0 Å². The van der Waals surface area contributed by atoms with Crippen molar-refractivity contribution in [2.24, 2.45) is 5.10 Å². The molecule has 0 aromatic heterocycles. The number of methoxy groups -OCH3 is 3. The Hall–Kier alpha value is -3.55. The van der Waals surface area contributed by atoms with Crippen molar-refractivity contribution < 1.29 is 23.8 Å². The Labute approximate surface area is 176 Å². The first-order valence-electron chi connectivity index (χ1n) is 9.55. The summed E-state index contributed by atoms with van der Waals surface area (Å²) in [4.78, 5) is 24.0. The predicted molar refractivity (Wildman–Crippen MR) is 116 cm³/mol. The second-order valence-electron chi connectivity index (χ2n) is 6.39. The van der Waals surface area contributed by atoms with E-state index in [0.29, 0.717) is 40.5 Å². The summed E-state index contributed by atoms with van der Waals surface area (Å²) < 4.78 is 15.9. The summed E-state index contributed by atoms with van der Waals surface area (Å²) in [5.74, 6) is 1.04. The molecule has 0 saturated carbocycles. The molecule has 2 aromatic rings. The average Bonchev–Trinajstić information content (AvgIpc) is 2.77. The van der Waals surface area contributed by atoms with Crippen LogP contribution in [-0.2, 0) is 4.79 Å². The van der Waals surface area contributed by atoms with Crippen molar-refractivity contribution in [3.63, 3.8) is 0 Å². The number of hydrogen-bond acceptors (Lipinski definition) is 6. The van der Waals surface area contributed by atoms with E-state index in [1.165, 1.54) is 27.5 Å². The lowest BCUT2D eigenvalue weighted by Gasteiger charge is -2.12. The zero-order valence-corrected chi connectivity index (χ0v) is 17.7. The molecule has 2 aromatic carbocycles. The zero-order valence-electron chi connectivity index (χ0n) is 17.7. The lowest BCUT2D eigenvalue weighted by molar-refractivity contribution is -0.116. The number of rotatable bonds is 10. The van der Waals surface area contributed by atoms with Crippen molar-refractivity contribution in [3.05, 3.63) is 47.5 Å². The maximum atomic E-state index is 12.3. The molecule has 2 N–H and O–H groups in total. The summed E-state index contributed by atoms with van der Waals surface area (Å²) in [7, 11) is 4.57. The van der Waals surface area contributed by atoms with Crippen LogP contribution in [0.15, 0.2) is 41.5 Å². The minimum absolute atomic E-state index is 0.0380. The Kier molecular flexibility index (Phi) is 8.68. The highest BCUT2D eigenvalue weighted by Gasteiger charge is 2.12. The van der Waals surface area contributed by atoms with E-state index in [1.54, 1.807) is 36.4 Å². The lowest BCUT2D eigenvalue weighted by Crippen LogP contribution is -2.17. The number of hydrogen-bond donors (Lipinski definition) is 2. The van der Waals surface area contributed by atoms with Crippen LogP contribution >= 0.6 is 0 Å². The van der Waals surface area contributed by atoms with Gasteiger partial charge in [-0.1, -0.05) is 13.3 Å². The van der Waals surface area contributed by atoms with Crippen LogP contribution in [0, 0.1) is 0 Å². The third-order valence-corrected chi connectivity index (χ3v) is 4.26. The molecule has 0 saturated heterocycles. The highest BCUT2D eigenvalue weighted by Crippen LogP contribution is 2.37. The standard InChI is InChI=1S/C22H27N3O5/c1-5-6-7-20(26)24-17-10-8-16(9-11-17)22(27)25-23-14-15-12-18(28-2)21(30-4)19(13-15)29-3/h8-14H,5-7H2,1-4H3,(H,24,26)(H,25,27)/b23-14+. The summed E-state index contributed by atoms with van der Waals surface area (Å²) in [5.41, 5.74) is 4.20. The molecule has 0 aliphatic carbocycles. The normalized spacial score (nSPS) is 10.5. The predicted octanol–water partition coefficient (Wildman–Crippen LogP) is 3.61. The first kappa shape index (κ1) is 22.7. The second-order valence-corrected chi connectivity index (χ2v) is 6.39. The second kappa shape index (κ2) is 11.5. The maximum absolute atomic E-state index is 12.3. The van der Waals surface area contributed by atoms with Crippen molar-refractivity contribution in [3.8, 4) is 17.2 Å². The van der Waals surface area contributed by atoms with Crippen LogP contribution in [0.5, 0.6) is 17.2 Å². The number of carbonyl (C=O) groups is 2. The van der Waals surface area contributed by atoms with Gasteiger partial charge in [-0.15, -0.1) is 0 Å². The fourth-order valence-corrected chi connectivity index (χ4v) is 2.67. The number of anilines is 1. The van der Waals surface area contributed by atoms with Gasteiger partial charge in [0.15, 0.2) is 11.5 Å².